The minimum atomic E-state index is -0.144. The molecule has 0 fully saturated rings. The van der Waals surface area contributed by atoms with Gasteiger partial charge in [0.1, 0.15) is 5.82 Å². The summed E-state index contributed by atoms with van der Waals surface area (Å²) in [5.74, 6) is 0.682. The van der Waals surface area contributed by atoms with E-state index >= 15 is 0 Å². The molecule has 0 radical (unpaired) electrons. The molecule has 0 bridgehead atoms. The number of guanidine groups is 2. The van der Waals surface area contributed by atoms with Gasteiger partial charge in [0.15, 0.2) is 5.96 Å². The second kappa shape index (κ2) is 3.82. The molecule has 0 unspecified atom stereocenters. The number of hydrogen-bond acceptors (Lipinski definition) is 2. The molecule has 14 heavy (non-hydrogen) atoms. The lowest BCUT2D eigenvalue weighted by Crippen LogP contribution is -2.42. The van der Waals surface area contributed by atoms with Crippen LogP contribution in [0.5, 0.6) is 0 Å². The van der Waals surface area contributed by atoms with Gasteiger partial charge in [-0.3, -0.25) is 10.3 Å². The SMILES string of the molecule is Cc1ccc(N=C(N)N(C)C(=N)N)[nH]1. The summed E-state index contributed by atoms with van der Waals surface area (Å²) in [7, 11) is 1.58. The first-order valence-corrected chi connectivity index (χ1v) is 4.08. The van der Waals surface area contributed by atoms with Crippen molar-refractivity contribution < 1.29 is 0 Å². The molecule has 6 N–H and O–H groups in total. The van der Waals surface area contributed by atoms with E-state index in [0.717, 1.165) is 5.69 Å². The first-order chi connectivity index (χ1) is 6.50. The number of aromatic nitrogens is 1. The molecule has 6 nitrogen and oxygen atoms in total. The van der Waals surface area contributed by atoms with E-state index in [1.165, 1.54) is 4.90 Å². The van der Waals surface area contributed by atoms with Gasteiger partial charge in [0.25, 0.3) is 0 Å². The number of hydrogen-bond donors (Lipinski definition) is 4. The summed E-state index contributed by atoms with van der Waals surface area (Å²) in [6.45, 7) is 1.92. The topological polar surface area (TPSA) is 107 Å². The Bertz CT molecular complexity index is 364. The highest BCUT2D eigenvalue weighted by Crippen LogP contribution is 2.09. The van der Waals surface area contributed by atoms with Gasteiger partial charge in [0, 0.05) is 12.7 Å². The highest BCUT2D eigenvalue weighted by molar-refractivity contribution is 5.96. The average molecular weight is 194 g/mol. The predicted molar refractivity (Wildman–Crippen MR) is 56.5 cm³/mol. The van der Waals surface area contributed by atoms with Crippen molar-refractivity contribution in [3.8, 4) is 0 Å². The third-order valence-corrected chi connectivity index (χ3v) is 1.76. The van der Waals surface area contributed by atoms with E-state index in [1.54, 1.807) is 13.1 Å². The van der Waals surface area contributed by atoms with Gasteiger partial charge >= 0.3 is 0 Å². The number of rotatable bonds is 1. The van der Waals surface area contributed by atoms with Crippen molar-refractivity contribution in [1.82, 2.24) is 9.88 Å². The molecule has 6 heteroatoms. The molecule has 76 valence electrons. The Morgan fingerprint density at radius 2 is 2.14 bits per heavy atom. The van der Waals surface area contributed by atoms with Crippen molar-refractivity contribution >= 4 is 17.7 Å². The molecular formula is C8H14N6. The maximum Gasteiger partial charge on any atom is 0.204 e. The normalized spacial score (nSPS) is 11.4. The van der Waals surface area contributed by atoms with Crippen LogP contribution in [0.15, 0.2) is 17.1 Å². The van der Waals surface area contributed by atoms with Crippen molar-refractivity contribution in [2.24, 2.45) is 16.5 Å². The lowest BCUT2D eigenvalue weighted by atomic mass is 10.5. The summed E-state index contributed by atoms with van der Waals surface area (Å²) < 4.78 is 0. The van der Waals surface area contributed by atoms with Crippen molar-refractivity contribution in [2.45, 2.75) is 6.92 Å². The summed E-state index contributed by atoms with van der Waals surface area (Å²) in [5, 5.41) is 7.13. The molecule has 0 saturated carbocycles. The zero-order valence-electron chi connectivity index (χ0n) is 8.20. The van der Waals surface area contributed by atoms with E-state index in [0.29, 0.717) is 5.82 Å². The average Bonchev–Trinajstić information content (AvgIpc) is 2.49. The van der Waals surface area contributed by atoms with Crippen LogP contribution < -0.4 is 11.5 Å². The van der Waals surface area contributed by atoms with Crippen LogP contribution in [0.2, 0.25) is 0 Å². The van der Waals surface area contributed by atoms with Gasteiger partial charge in [-0.25, -0.2) is 0 Å². The van der Waals surface area contributed by atoms with Gasteiger partial charge in [0.05, 0.1) is 0 Å². The van der Waals surface area contributed by atoms with E-state index in [4.69, 9.17) is 16.9 Å². The second-order valence-corrected chi connectivity index (χ2v) is 2.94. The molecule has 1 aromatic heterocycles. The quantitative estimate of drug-likeness (QED) is 0.376. The van der Waals surface area contributed by atoms with E-state index in [-0.39, 0.29) is 11.9 Å². The molecule has 1 rings (SSSR count). The Labute approximate surface area is 82.1 Å². The maximum absolute atomic E-state index is 7.13. The fraction of sp³-hybridized carbons (Fsp3) is 0.250. The minimum absolute atomic E-state index is 0.144. The molecule has 1 aromatic rings. The van der Waals surface area contributed by atoms with Crippen LogP contribution in [0.4, 0.5) is 5.82 Å². The van der Waals surface area contributed by atoms with Crippen LogP contribution in [-0.4, -0.2) is 28.9 Å². The Hall–Kier alpha value is -1.98. The highest BCUT2D eigenvalue weighted by atomic mass is 15.3. The number of nitrogens with one attached hydrogen (secondary N) is 2. The molecule has 1 heterocycles. The Morgan fingerprint density at radius 1 is 1.50 bits per heavy atom. The van der Waals surface area contributed by atoms with Gasteiger partial charge < -0.3 is 16.5 Å². The molecule has 0 aromatic carbocycles. The summed E-state index contributed by atoms with van der Waals surface area (Å²) in [5.41, 5.74) is 11.8. The molecular weight excluding hydrogens is 180 g/mol. The molecule has 0 spiro atoms. The zero-order chi connectivity index (χ0) is 10.7. The lowest BCUT2D eigenvalue weighted by molar-refractivity contribution is 0.723. The molecule has 0 aliphatic rings. The summed E-state index contributed by atoms with van der Waals surface area (Å²) in [6, 6.07) is 3.69. The van der Waals surface area contributed by atoms with Crippen LogP contribution in [0, 0.1) is 12.3 Å². The van der Waals surface area contributed by atoms with Gasteiger partial charge in [-0.05, 0) is 19.1 Å². The van der Waals surface area contributed by atoms with Crippen molar-refractivity contribution in [2.75, 3.05) is 7.05 Å². The molecule has 0 aliphatic carbocycles. The number of nitrogens with two attached hydrogens (primary N) is 2. The standard InChI is InChI=1S/C8H14N6/c1-5-3-4-6(12-5)13-8(11)14(2)7(9)10/h3-4,12H,1-2H3,(H3,9,10)(H2,11,13). The number of aromatic amines is 1. The van der Waals surface area contributed by atoms with Crippen molar-refractivity contribution in [3.63, 3.8) is 0 Å². The second-order valence-electron chi connectivity index (χ2n) is 2.94. The smallest absolute Gasteiger partial charge is 0.204 e. The first-order valence-electron chi connectivity index (χ1n) is 4.08. The van der Waals surface area contributed by atoms with Crippen LogP contribution in [-0.2, 0) is 0 Å². The number of nitrogens with zero attached hydrogens (tertiary/aromatic N) is 2. The summed E-state index contributed by atoms with van der Waals surface area (Å²) in [6.07, 6.45) is 0. The number of H-pyrrole nitrogens is 1. The third-order valence-electron chi connectivity index (χ3n) is 1.76. The van der Waals surface area contributed by atoms with Gasteiger partial charge in [0.2, 0.25) is 5.96 Å². The lowest BCUT2D eigenvalue weighted by Gasteiger charge is -2.14. The van der Waals surface area contributed by atoms with E-state index < -0.39 is 0 Å². The predicted octanol–water partition coefficient (Wildman–Crippen LogP) is 0.0946. The molecule has 0 amide bonds. The highest BCUT2D eigenvalue weighted by Gasteiger charge is 2.04. The van der Waals surface area contributed by atoms with Crippen LogP contribution in [0.25, 0.3) is 0 Å². The first kappa shape index (κ1) is 10.1. The fourth-order valence-electron chi connectivity index (χ4n) is 0.876. The Kier molecular flexibility index (Phi) is 2.76. The van der Waals surface area contributed by atoms with Crippen LogP contribution in [0.1, 0.15) is 5.69 Å². The molecule has 0 aliphatic heterocycles. The fourth-order valence-corrected chi connectivity index (χ4v) is 0.876. The number of aryl methyl sites for hydroxylation is 1. The van der Waals surface area contributed by atoms with Crippen LogP contribution >= 0.6 is 0 Å². The van der Waals surface area contributed by atoms with Crippen molar-refractivity contribution in [3.05, 3.63) is 17.8 Å². The van der Waals surface area contributed by atoms with Gasteiger partial charge in [-0.2, -0.15) is 4.99 Å². The number of aliphatic imine (C=N–C) groups is 1. The maximum atomic E-state index is 7.13. The summed E-state index contributed by atoms with van der Waals surface area (Å²) >= 11 is 0. The van der Waals surface area contributed by atoms with E-state index in [9.17, 15) is 0 Å². The van der Waals surface area contributed by atoms with E-state index in [2.05, 4.69) is 9.98 Å². The largest absolute Gasteiger partial charge is 0.370 e. The Morgan fingerprint density at radius 3 is 2.57 bits per heavy atom. The zero-order valence-corrected chi connectivity index (χ0v) is 8.20. The van der Waals surface area contributed by atoms with Gasteiger partial charge in [-0.15, -0.1) is 0 Å². The van der Waals surface area contributed by atoms with E-state index in [1.807, 2.05) is 13.0 Å². The van der Waals surface area contributed by atoms with Crippen molar-refractivity contribution in [1.29, 1.82) is 5.41 Å². The third kappa shape index (κ3) is 2.25. The minimum Gasteiger partial charge on any atom is -0.370 e. The van der Waals surface area contributed by atoms with Gasteiger partial charge in [-0.1, -0.05) is 0 Å². The molecule has 0 saturated heterocycles. The summed E-state index contributed by atoms with van der Waals surface area (Å²) in [4.78, 5) is 8.33. The van der Waals surface area contributed by atoms with Crippen LogP contribution in [0.3, 0.4) is 0 Å². The molecule has 0 atom stereocenters. The monoisotopic (exact) mass is 194 g/mol. The Balaban J connectivity index is 2.83.